The number of aromatic nitrogens is 2. The van der Waals surface area contributed by atoms with Gasteiger partial charge in [0.25, 0.3) is 0 Å². The molecule has 0 bridgehead atoms. The molecule has 0 atom stereocenters. The lowest BCUT2D eigenvalue weighted by Crippen LogP contribution is -2.01. The van der Waals surface area contributed by atoms with Crippen LogP contribution in [0.5, 0.6) is 0 Å². The Labute approximate surface area is 99.3 Å². The Balaban J connectivity index is 2.04. The van der Waals surface area contributed by atoms with E-state index in [0.29, 0.717) is 17.2 Å². The smallest absolute Gasteiger partial charge is 0.0992 e. The zero-order valence-corrected chi connectivity index (χ0v) is 9.30. The Morgan fingerprint density at radius 3 is 2.88 bits per heavy atom. The molecule has 0 spiro atoms. The molecule has 1 heterocycles. The van der Waals surface area contributed by atoms with Gasteiger partial charge in [0, 0.05) is 12.1 Å². The average molecular weight is 224 g/mol. The van der Waals surface area contributed by atoms with E-state index in [4.69, 9.17) is 11.0 Å². The molecule has 2 aromatic rings. The van der Waals surface area contributed by atoms with Crippen molar-refractivity contribution in [2.75, 3.05) is 5.73 Å². The molecule has 4 nitrogen and oxygen atoms in total. The van der Waals surface area contributed by atoms with Crippen LogP contribution in [0.4, 0.5) is 5.69 Å². The van der Waals surface area contributed by atoms with E-state index in [1.807, 2.05) is 12.3 Å². The second-order valence-electron chi connectivity index (χ2n) is 4.34. The second kappa shape index (κ2) is 3.63. The highest BCUT2D eigenvalue weighted by Gasteiger charge is 2.26. The molecule has 1 aliphatic rings. The molecule has 4 heteroatoms. The molecule has 1 aromatic carbocycles. The van der Waals surface area contributed by atoms with Crippen LogP contribution in [0.2, 0.25) is 0 Å². The first-order chi connectivity index (χ1) is 8.28. The van der Waals surface area contributed by atoms with E-state index >= 15 is 0 Å². The van der Waals surface area contributed by atoms with Gasteiger partial charge >= 0.3 is 0 Å². The first kappa shape index (κ1) is 9.91. The van der Waals surface area contributed by atoms with Gasteiger partial charge in [-0.15, -0.1) is 0 Å². The fraction of sp³-hybridized carbons (Fsp3) is 0.231. The van der Waals surface area contributed by atoms with Crippen molar-refractivity contribution in [2.45, 2.75) is 18.8 Å². The standard InChI is InChI=1S/C13H12N4/c14-8-9-1-4-11(15)13(7-9)17-6-5-12(16-17)10-2-3-10/h1,4-7,10H,2-3,15H2. The number of hydrogen-bond acceptors (Lipinski definition) is 3. The summed E-state index contributed by atoms with van der Waals surface area (Å²) in [6.07, 6.45) is 4.36. The van der Waals surface area contributed by atoms with Crippen molar-refractivity contribution in [3.63, 3.8) is 0 Å². The number of anilines is 1. The fourth-order valence-electron chi connectivity index (χ4n) is 1.88. The van der Waals surface area contributed by atoms with Crippen molar-refractivity contribution < 1.29 is 0 Å². The third kappa shape index (κ3) is 1.76. The number of benzene rings is 1. The normalized spacial score (nSPS) is 14.5. The molecule has 1 saturated carbocycles. The van der Waals surface area contributed by atoms with Crippen LogP contribution in [0.3, 0.4) is 0 Å². The molecule has 1 aromatic heterocycles. The summed E-state index contributed by atoms with van der Waals surface area (Å²) in [5.74, 6) is 0.622. The van der Waals surface area contributed by atoms with Crippen LogP contribution in [0, 0.1) is 11.3 Å². The lowest BCUT2D eigenvalue weighted by molar-refractivity contribution is 0.839. The first-order valence-electron chi connectivity index (χ1n) is 5.63. The lowest BCUT2D eigenvalue weighted by atomic mass is 10.2. The predicted octanol–water partition coefficient (Wildman–Crippen LogP) is 2.20. The number of nitrogens with two attached hydrogens (primary N) is 1. The molecular formula is C13H12N4. The lowest BCUT2D eigenvalue weighted by Gasteiger charge is -2.05. The van der Waals surface area contributed by atoms with Crippen molar-refractivity contribution in [1.29, 1.82) is 5.26 Å². The number of nitrogen functional groups attached to an aromatic ring is 1. The summed E-state index contributed by atoms with van der Waals surface area (Å²) in [4.78, 5) is 0. The minimum atomic E-state index is 0.595. The van der Waals surface area contributed by atoms with Gasteiger partial charge in [-0.25, -0.2) is 4.68 Å². The van der Waals surface area contributed by atoms with Gasteiger partial charge in [-0.2, -0.15) is 10.4 Å². The highest BCUT2D eigenvalue weighted by atomic mass is 15.3. The third-order valence-corrected chi connectivity index (χ3v) is 3.01. The van der Waals surface area contributed by atoms with Crippen LogP contribution >= 0.6 is 0 Å². The molecule has 17 heavy (non-hydrogen) atoms. The van der Waals surface area contributed by atoms with E-state index in [9.17, 15) is 0 Å². The maximum Gasteiger partial charge on any atom is 0.0992 e. The molecule has 0 unspecified atom stereocenters. The molecule has 3 rings (SSSR count). The SMILES string of the molecule is N#Cc1ccc(N)c(-n2ccc(C3CC3)n2)c1. The van der Waals surface area contributed by atoms with Crippen molar-refractivity contribution >= 4 is 5.69 Å². The van der Waals surface area contributed by atoms with E-state index < -0.39 is 0 Å². The van der Waals surface area contributed by atoms with Crippen molar-refractivity contribution in [2.24, 2.45) is 0 Å². The van der Waals surface area contributed by atoms with Crippen LogP contribution in [-0.4, -0.2) is 9.78 Å². The summed E-state index contributed by atoms with van der Waals surface area (Å²) < 4.78 is 1.75. The average Bonchev–Trinajstić information content (AvgIpc) is 3.09. The summed E-state index contributed by atoms with van der Waals surface area (Å²) in [6.45, 7) is 0. The molecule has 0 saturated heterocycles. The van der Waals surface area contributed by atoms with E-state index in [1.165, 1.54) is 12.8 Å². The molecule has 0 aliphatic heterocycles. The van der Waals surface area contributed by atoms with Gasteiger partial charge < -0.3 is 5.73 Å². The van der Waals surface area contributed by atoms with Crippen molar-refractivity contribution in [3.05, 3.63) is 41.7 Å². The zero-order chi connectivity index (χ0) is 11.8. The van der Waals surface area contributed by atoms with Gasteiger partial charge in [0.15, 0.2) is 0 Å². The van der Waals surface area contributed by atoms with Crippen molar-refractivity contribution in [3.8, 4) is 11.8 Å². The quantitative estimate of drug-likeness (QED) is 0.795. The summed E-state index contributed by atoms with van der Waals surface area (Å²) in [5.41, 5.74) is 9.03. The number of rotatable bonds is 2. The number of hydrogen-bond donors (Lipinski definition) is 1. The van der Waals surface area contributed by atoms with Crippen LogP contribution in [0.15, 0.2) is 30.5 Å². The largest absolute Gasteiger partial charge is 0.397 e. The second-order valence-corrected chi connectivity index (χ2v) is 4.34. The van der Waals surface area contributed by atoms with E-state index in [-0.39, 0.29) is 0 Å². The number of nitriles is 1. The Kier molecular flexibility index (Phi) is 2.12. The van der Waals surface area contributed by atoms with Gasteiger partial charge in [0.05, 0.1) is 28.7 Å². The van der Waals surface area contributed by atoms with E-state index in [0.717, 1.165) is 11.4 Å². The zero-order valence-electron chi connectivity index (χ0n) is 9.30. The van der Waals surface area contributed by atoms with E-state index in [2.05, 4.69) is 11.2 Å². The van der Waals surface area contributed by atoms with Gasteiger partial charge in [-0.1, -0.05) is 0 Å². The summed E-state index contributed by atoms with van der Waals surface area (Å²) >= 11 is 0. The molecule has 0 radical (unpaired) electrons. The third-order valence-electron chi connectivity index (χ3n) is 3.01. The molecule has 2 N–H and O–H groups in total. The Bertz CT molecular complexity index is 602. The van der Waals surface area contributed by atoms with Gasteiger partial charge in [-0.3, -0.25) is 0 Å². The number of nitrogens with zero attached hydrogens (tertiary/aromatic N) is 3. The molecule has 1 fully saturated rings. The first-order valence-corrected chi connectivity index (χ1v) is 5.63. The minimum absolute atomic E-state index is 0.595. The highest BCUT2D eigenvalue weighted by molar-refractivity contribution is 5.60. The minimum Gasteiger partial charge on any atom is -0.397 e. The van der Waals surface area contributed by atoms with Crippen LogP contribution < -0.4 is 5.73 Å². The maximum atomic E-state index is 8.88. The molecule has 84 valence electrons. The Morgan fingerprint density at radius 2 is 2.18 bits per heavy atom. The maximum absolute atomic E-state index is 8.88. The van der Waals surface area contributed by atoms with Crippen LogP contribution in [0.25, 0.3) is 5.69 Å². The van der Waals surface area contributed by atoms with Gasteiger partial charge in [0.2, 0.25) is 0 Å². The monoisotopic (exact) mass is 224 g/mol. The van der Waals surface area contributed by atoms with Crippen LogP contribution in [0.1, 0.15) is 30.0 Å². The Hall–Kier alpha value is -2.28. The van der Waals surface area contributed by atoms with Crippen molar-refractivity contribution in [1.82, 2.24) is 9.78 Å². The summed E-state index contributed by atoms with van der Waals surface area (Å²) in [5, 5.41) is 13.4. The molecule has 1 aliphatic carbocycles. The van der Waals surface area contributed by atoms with E-state index in [1.54, 1.807) is 22.9 Å². The van der Waals surface area contributed by atoms with Gasteiger partial charge in [-0.05, 0) is 37.1 Å². The topological polar surface area (TPSA) is 67.6 Å². The summed E-state index contributed by atoms with van der Waals surface area (Å²) in [6, 6.07) is 9.35. The van der Waals surface area contributed by atoms with Crippen LogP contribution in [-0.2, 0) is 0 Å². The molecule has 0 amide bonds. The predicted molar refractivity (Wildman–Crippen MR) is 64.7 cm³/mol. The fourth-order valence-corrected chi connectivity index (χ4v) is 1.88. The summed E-state index contributed by atoms with van der Waals surface area (Å²) in [7, 11) is 0. The van der Waals surface area contributed by atoms with Gasteiger partial charge in [0.1, 0.15) is 0 Å². The highest BCUT2D eigenvalue weighted by Crippen LogP contribution is 2.39. The Morgan fingerprint density at radius 1 is 1.35 bits per heavy atom. The molecular weight excluding hydrogens is 212 g/mol.